The fourth-order valence-electron chi connectivity index (χ4n) is 7.86. The zero-order chi connectivity index (χ0) is 49.9. The van der Waals surface area contributed by atoms with Gasteiger partial charge in [-0.15, -0.1) is 0 Å². The Morgan fingerprint density at radius 3 is 1.99 bits per heavy atom. The summed E-state index contributed by atoms with van der Waals surface area (Å²) in [6, 6.07) is 45.0. The summed E-state index contributed by atoms with van der Waals surface area (Å²) in [4.78, 5) is 42.4. The third-order valence-corrected chi connectivity index (χ3v) is 11.0. The summed E-state index contributed by atoms with van der Waals surface area (Å²) in [6.45, 7) is 9.36. The predicted molar refractivity (Wildman–Crippen MR) is 271 cm³/mol. The first kappa shape index (κ1) is 49.0. The summed E-state index contributed by atoms with van der Waals surface area (Å²) < 4.78 is 51.3. The summed E-state index contributed by atoms with van der Waals surface area (Å²) in [5.74, 6) is -1.32. The summed E-state index contributed by atoms with van der Waals surface area (Å²) in [7, 11) is 0. The van der Waals surface area contributed by atoms with Crippen LogP contribution in [0.3, 0.4) is 0 Å². The fourth-order valence-corrected chi connectivity index (χ4v) is 7.86. The molecule has 8 rings (SSSR count). The lowest BCUT2D eigenvalue weighted by Gasteiger charge is -2.29. The van der Waals surface area contributed by atoms with Crippen molar-refractivity contribution < 1.29 is 32.6 Å². The van der Waals surface area contributed by atoms with Gasteiger partial charge in [0, 0.05) is 48.0 Å². The van der Waals surface area contributed by atoms with Crippen molar-refractivity contribution in [3.8, 4) is 17.0 Å². The Balaban J connectivity index is 1.30. The number of amides is 1. The van der Waals surface area contributed by atoms with Crippen molar-refractivity contribution in [3.05, 3.63) is 203 Å². The Morgan fingerprint density at radius 1 is 0.803 bits per heavy atom. The molecule has 0 radical (unpaired) electrons. The van der Waals surface area contributed by atoms with Gasteiger partial charge < -0.3 is 29.7 Å². The van der Waals surface area contributed by atoms with Crippen LogP contribution in [0.5, 0.6) is 5.88 Å². The number of carbonyl (C=O) groups excluding carboxylic acids is 2. The van der Waals surface area contributed by atoms with Crippen molar-refractivity contribution in [3.63, 3.8) is 0 Å². The Hall–Kier alpha value is -8.46. The molecule has 0 unspecified atom stereocenters. The van der Waals surface area contributed by atoms with Gasteiger partial charge in [-0.25, -0.2) is 33.3 Å². The van der Waals surface area contributed by atoms with Crippen molar-refractivity contribution in [1.29, 1.82) is 0 Å². The topological polar surface area (TPSA) is 145 Å². The molecule has 0 aliphatic heterocycles. The number of nitrogens with one attached hydrogen (secondary N) is 2. The number of esters is 1. The maximum atomic E-state index is 17.6. The maximum absolute atomic E-state index is 17.6. The highest BCUT2D eigenvalue weighted by Crippen LogP contribution is 2.42. The third-order valence-electron chi connectivity index (χ3n) is 11.0. The molecule has 0 fully saturated rings. The van der Waals surface area contributed by atoms with Gasteiger partial charge in [-0.05, 0) is 63.9 Å². The lowest BCUT2D eigenvalue weighted by atomic mass is 10.0. The molecular formula is C56H54F2N8O5. The molecule has 2 N–H and O–H groups in total. The molecule has 8 aromatic rings. The van der Waals surface area contributed by atoms with E-state index in [-0.39, 0.29) is 59.3 Å². The second-order valence-electron chi connectivity index (χ2n) is 17.6. The average Bonchev–Trinajstić information content (AvgIpc) is 3.79. The summed E-state index contributed by atoms with van der Waals surface area (Å²) in [5.41, 5.74) is 4.78. The Bertz CT molecular complexity index is 3050. The normalized spacial score (nSPS) is 11.6. The third kappa shape index (κ3) is 12.4. The number of nitrogens with zero attached hydrogens (tertiary/aromatic N) is 6. The number of aliphatic imine (C=N–C) groups is 1. The van der Waals surface area contributed by atoms with Gasteiger partial charge in [-0.2, -0.15) is 9.61 Å². The van der Waals surface area contributed by atoms with E-state index in [2.05, 4.69) is 15.6 Å². The van der Waals surface area contributed by atoms with Crippen LogP contribution in [0.4, 0.5) is 30.9 Å². The highest BCUT2D eigenvalue weighted by Gasteiger charge is 2.29. The SMILES string of the molecule is CCOC(=O)c1cnn2c(N(Cc3ccccc3)Cc3ccccc3)c(-c3ccc(N=C(c4ccccc4)c4ccccc4)cc3F)c(NCc3cc(F)cnc3O[C@@H](C)CNC(=O)OC(C)(C)C)nc12. The van der Waals surface area contributed by atoms with Gasteiger partial charge in [0.15, 0.2) is 5.65 Å². The molecule has 5 aromatic carbocycles. The molecule has 0 bridgehead atoms. The second-order valence-corrected chi connectivity index (χ2v) is 17.6. The number of benzene rings is 5. The van der Waals surface area contributed by atoms with Gasteiger partial charge >= 0.3 is 12.1 Å². The van der Waals surface area contributed by atoms with E-state index in [1.165, 1.54) is 22.8 Å². The predicted octanol–water partition coefficient (Wildman–Crippen LogP) is 11.5. The van der Waals surface area contributed by atoms with E-state index in [1.54, 1.807) is 46.8 Å². The molecule has 0 saturated carbocycles. The average molecular weight is 957 g/mol. The second kappa shape index (κ2) is 22.3. The molecule has 0 saturated heterocycles. The Kier molecular flexibility index (Phi) is 15.4. The summed E-state index contributed by atoms with van der Waals surface area (Å²) >= 11 is 0. The zero-order valence-electron chi connectivity index (χ0n) is 40.1. The van der Waals surface area contributed by atoms with Crippen LogP contribution < -0.4 is 20.3 Å². The molecule has 3 aromatic heterocycles. The van der Waals surface area contributed by atoms with Crippen LogP contribution in [0.1, 0.15) is 72.8 Å². The quantitative estimate of drug-likeness (QED) is 0.0630. The first-order valence-corrected chi connectivity index (χ1v) is 23.3. The highest BCUT2D eigenvalue weighted by molar-refractivity contribution is 6.14. The number of anilines is 2. The molecule has 362 valence electrons. The van der Waals surface area contributed by atoms with Crippen LogP contribution in [0, 0.1) is 11.6 Å². The van der Waals surface area contributed by atoms with E-state index < -0.39 is 35.4 Å². The Morgan fingerprint density at radius 2 is 1.41 bits per heavy atom. The lowest BCUT2D eigenvalue weighted by molar-refractivity contribution is 0.0500. The minimum Gasteiger partial charge on any atom is -0.473 e. The van der Waals surface area contributed by atoms with E-state index >= 15 is 8.78 Å². The van der Waals surface area contributed by atoms with Crippen LogP contribution in [-0.2, 0) is 29.1 Å². The van der Waals surface area contributed by atoms with Crippen LogP contribution >= 0.6 is 0 Å². The molecule has 3 heterocycles. The molecule has 13 nitrogen and oxygen atoms in total. The number of hydrogen-bond acceptors (Lipinski definition) is 11. The molecule has 1 atom stereocenters. The number of halogens is 2. The first-order valence-electron chi connectivity index (χ1n) is 23.3. The Labute approximate surface area is 411 Å². The van der Waals surface area contributed by atoms with Crippen LogP contribution in [-0.4, -0.2) is 62.2 Å². The van der Waals surface area contributed by atoms with Gasteiger partial charge in [0.1, 0.15) is 40.5 Å². The number of fused-ring (bicyclic) bond motifs is 1. The maximum Gasteiger partial charge on any atom is 0.407 e. The fraction of sp³-hybridized carbons (Fsp3) is 0.214. The van der Waals surface area contributed by atoms with E-state index in [1.807, 2.05) is 126 Å². The van der Waals surface area contributed by atoms with Crippen molar-refractivity contribution in [2.24, 2.45) is 4.99 Å². The number of pyridine rings is 1. The molecule has 0 aliphatic rings. The summed E-state index contributed by atoms with van der Waals surface area (Å²) in [5, 5.41) is 10.8. The standard InChI is InChI=1S/C56H54F2N8O5/c1-6-69-54(67)46-34-62-66-51(46)64-50(59-32-42-29-43(57)33-60-52(42)70-37(2)31-61-55(68)71-56(3,4)5)48(53(66)65(35-38-19-11-7-12-20-38)36-39-21-13-8-14-22-39)45-28-27-44(30-47(45)58)63-49(40-23-15-9-16-24-40)41-25-17-10-18-26-41/h7-30,33-34,37H,6,31-32,35-36H2,1-5H3,(H,59,64)(H,61,68)/t37-/m0/s1. The van der Waals surface area contributed by atoms with Gasteiger partial charge in [-0.1, -0.05) is 121 Å². The van der Waals surface area contributed by atoms with Crippen molar-refractivity contribution in [1.82, 2.24) is 24.9 Å². The molecule has 0 aliphatic carbocycles. The number of alkyl carbamates (subject to hydrolysis) is 1. The van der Waals surface area contributed by atoms with E-state index in [4.69, 9.17) is 29.3 Å². The number of carbonyl (C=O) groups is 2. The van der Waals surface area contributed by atoms with Crippen LogP contribution in [0.2, 0.25) is 0 Å². The van der Waals surface area contributed by atoms with Gasteiger partial charge in [0.05, 0.1) is 42.5 Å². The van der Waals surface area contributed by atoms with Gasteiger partial charge in [0.2, 0.25) is 5.88 Å². The molecule has 71 heavy (non-hydrogen) atoms. The molecule has 0 spiro atoms. The number of aromatic nitrogens is 4. The van der Waals surface area contributed by atoms with Gasteiger partial charge in [0.25, 0.3) is 0 Å². The smallest absolute Gasteiger partial charge is 0.407 e. The lowest BCUT2D eigenvalue weighted by Crippen LogP contribution is -2.37. The number of rotatable bonds is 18. The monoisotopic (exact) mass is 956 g/mol. The largest absolute Gasteiger partial charge is 0.473 e. The van der Waals surface area contributed by atoms with E-state index in [9.17, 15) is 9.59 Å². The van der Waals surface area contributed by atoms with Crippen molar-refractivity contribution >= 4 is 40.7 Å². The minimum atomic E-state index is -0.706. The van der Waals surface area contributed by atoms with Crippen molar-refractivity contribution in [2.45, 2.75) is 66.0 Å². The number of ether oxygens (including phenoxy) is 3. The molecular weight excluding hydrogens is 903 g/mol. The first-order chi connectivity index (χ1) is 34.3. The molecule has 15 heteroatoms. The number of hydrogen-bond donors (Lipinski definition) is 2. The van der Waals surface area contributed by atoms with E-state index in [0.29, 0.717) is 30.3 Å². The molecule has 1 amide bonds. The summed E-state index contributed by atoms with van der Waals surface area (Å²) in [6.07, 6.45) is 1.17. The zero-order valence-corrected chi connectivity index (χ0v) is 40.1. The highest BCUT2D eigenvalue weighted by atomic mass is 19.1. The minimum absolute atomic E-state index is 0.0561. The van der Waals surface area contributed by atoms with Gasteiger partial charge in [-0.3, -0.25) is 0 Å². The van der Waals surface area contributed by atoms with Crippen LogP contribution in [0.25, 0.3) is 16.8 Å². The van der Waals surface area contributed by atoms with E-state index in [0.717, 1.165) is 28.5 Å². The van der Waals surface area contributed by atoms with Crippen molar-refractivity contribution in [2.75, 3.05) is 23.4 Å². The van der Waals surface area contributed by atoms with Crippen LogP contribution in [0.15, 0.2) is 163 Å².